The number of benzene rings is 1. The molecule has 1 unspecified atom stereocenters. The predicted octanol–water partition coefficient (Wildman–Crippen LogP) is -1.01. The van der Waals surface area contributed by atoms with Crippen molar-refractivity contribution in [1.82, 2.24) is 14.7 Å². The summed E-state index contributed by atoms with van der Waals surface area (Å²) < 4.78 is 15.5. The molecule has 0 bridgehead atoms. The Morgan fingerprint density at radius 2 is 1.36 bits per heavy atom. The quantitative estimate of drug-likeness (QED) is 0.127. The van der Waals surface area contributed by atoms with Crippen LogP contribution in [0.15, 0.2) is 30.3 Å². The van der Waals surface area contributed by atoms with Gasteiger partial charge in [-0.25, -0.2) is 4.90 Å². The molecule has 1 atom stereocenters. The van der Waals surface area contributed by atoms with E-state index < -0.39 is 43.8 Å². The molecule has 0 radical (unpaired) electrons. The minimum Gasteiger partial charge on any atom is -0.480 e. The van der Waals surface area contributed by atoms with Crippen LogP contribution in [0.5, 0.6) is 0 Å². The molecule has 0 aliphatic heterocycles. The number of aliphatic carboxylic acids is 3. The third-order valence-corrected chi connectivity index (χ3v) is 4.81. The van der Waals surface area contributed by atoms with Crippen LogP contribution in [0.1, 0.15) is 5.56 Å². The number of hydrogen-bond donors (Lipinski definition) is 3. The van der Waals surface area contributed by atoms with E-state index in [4.69, 9.17) is 24.4 Å². The lowest BCUT2D eigenvalue weighted by Gasteiger charge is -2.31. The molecule has 1 aromatic carbocycles. The van der Waals surface area contributed by atoms with Gasteiger partial charge in [-0.1, -0.05) is 30.3 Å². The number of hydrogen-bond acceptors (Lipinski definition) is 11. The lowest BCUT2D eigenvalue weighted by atomic mass is 10.2. The fourth-order valence-corrected chi connectivity index (χ4v) is 3.18. The first kappa shape index (κ1) is 30.4. The van der Waals surface area contributed by atoms with Crippen molar-refractivity contribution in [2.24, 2.45) is 0 Å². The van der Waals surface area contributed by atoms with Crippen LogP contribution in [0.2, 0.25) is 0 Å². The van der Waals surface area contributed by atoms with Gasteiger partial charge in [0.05, 0.1) is 32.8 Å². The van der Waals surface area contributed by atoms with Gasteiger partial charge in [-0.15, -0.1) is 0 Å². The lowest BCUT2D eigenvalue weighted by molar-refractivity contribution is -0.163. The van der Waals surface area contributed by atoms with Crippen molar-refractivity contribution >= 4 is 30.9 Å². The molecule has 1 aromatic rings. The molecule has 1 rings (SSSR count). The van der Waals surface area contributed by atoms with Gasteiger partial charge in [-0.2, -0.15) is 0 Å². The Balaban J connectivity index is 2.81. The molecule has 200 valence electrons. The minimum absolute atomic E-state index is 0.0226. The number of ether oxygens (including phenoxy) is 3. The summed E-state index contributed by atoms with van der Waals surface area (Å²) >= 11 is 0. The Morgan fingerprint density at radius 3 is 1.92 bits per heavy atom. The topological polar surface area (TPSA) is 183 Å². The van der Waals surface area contributed by atoms with Crippen molar-refractivity contribution in [3.63, 3.8) is 0 Å². The van der Waals surface area contributed by atoms with Crippen molar-refractivity contribution in [1.29, 1.82) is 0 Å². The normalized spacial score (nSPS) is 11.9. The molecular weight excluding hydrogens is 482 g/mol. The highest BCUT2D eigenvalue weighted by Gasteiger charge is 2.23. The van der Waals surface area contributed by atoms with Crippen molar-refractivity contribution in [3.05, 3.63) is 35.9 Å². The summed E-state index contributed by atoms with van der Waals surface area (Å²) in [4.78, 5) is 59.2. The van der Waals surface area contributed by atoms with E-state index in [9.17, 15) is 29.1 Å². The van der Waals surface area contributed by atoms with Gasteiger partial charge in [0.25, 0.3) is 12.9 Å². The van der Waals surface area contributed by atoms with E-state index in [-0.39, 0.29) is 59.1 Å². The van der Waals surface area contributed by atoms with Crippen molar-refractivity contribution < 1.29 is 53.5 Å². The standard InChI is InChI=1S/C22H31N3O11/c26-16-35-15-25(19(36-17-27)14-34-13-18-4-2-1-3-5-18)9-8-23(10-20(28)29)6-7-24(11-21(30)31)12-22(32)33/h1-5,16-17,19H,6-15H2,(H,28,29)(H,30,31)(H,32,33). The first-order valence-electron chi connectivity index (χ1n) is 10.8. The molecule has 0 aliphatic carbocycles. The fourth-order valence-electron chi connectivity index (χ4n) is 3.18. The zero-order valence-electron chi connectivity index (χ0n) is 19.6. The summed E-state index contributed by atoms with van der Waals surface area (Å²) in [6.07, 6.45) is -0.951. The van der Waals surface area contributed by atoms with E-state index in [1.807, 2.05) is 30.3 Å². The van der Waals surface area contributed by atoms with E-state index in [0.717, 1.165) is 10.5 Å². The number of carbonyl (C=O) groups excluding carboxylic acids is 2. The maximum absolute atomic E-state index is 11.3. The Hall–Kier alpha value is -3.59. The number of nitrogens with zero attached hydrogens (tertiary/aromatic N) is 3. The number of carbonyl (C=O) groups is 5. The molecular formula is C22H31N3O11. The summed E-state index contributed by atoms with van der Waals surface area (Å²) in [5.41, 5.74) is 0.887. The SMILES string of the molecule is O=COCN(CCN(CCN(CC(=O)O)CC(=O)O)CC(=O)O)C(COCc1ccccc1)OC=O. The Bertz CT molecular complexity index is 809. The second-order valence-corrected chi connectivity index (χ2v) is 7.56. The van der Waals surface area contributed by atoms with Gasteiger partial charge in [0.1, 0.15) is 6.73 Å². The van der Waals surface area contributed by atoms with Crippen LogP contribution in [-0.4, -0.2) is 126 Å². The summed E-state index contributed by atoms with van der Waals surface area (Å²) in [5, 5.41) is 27.2. The smallest absolute Gasteiger partial charge is 0.317 e. The Kier molecular flexibility index (Phi) is 15.0. The zero-order valence-corrected chi connectivity index (χ0v) is 19.6. The van der Waals surface area contributed by atoms with Gasteiger partial charge >= 0.3 is 17.9 Å². The molecule has 0 aliphatic rings. The third-order valence-electron chi connectivity index (χ3n) is 4.81. The molecule has 0 saturated carbocycles. The van der Waals surface area contributed by atoms with Crippen LogP contribution in [0.4, 0.5) is 0 Å². The fraction of sp³-hybridized carbons (Fsp3) is 0.500. The zero-order chi connectivity index (χ0) is 26.8. The maximum atomic E-state index is 11.3. The van der Waals surface area contributed by atoms with Crippen LogP contribution in [-0.2, 0) is 44.8 Å². The molecule has 14 nitrogen and oxygen atoms in total. The van der Waals surface area contributed by atoms with E-state index in [0.29, 0.717) is 0 Å². The van der Waals surface area contributed by atoms with Gasteiger partial charge in [-0.3, -0.25) is 33.8 Å². The minimum atomic E-state index is -1.22. The highest BCUT2D eigenvalue weighted by atomic mass is 16.6. The molecule has 0 saturated heterocycles. The number of rotatable bonds is 22. The van der Waals surface area contributed by atoms with E-state index in [1.54, 1.807) is 0 Å². The van der Waals surface area contributed by atoms with Crippen molar-refractivity contribution in [3.8, 4) is 0 Å². The second-order valence-electron chi connectivity index (χ2n) is 7.56. The van der Waals surface area contributed by atoms with Gasteiger partial charge in [-0.05, 0) is 5.56 Å². The van der Waals surface area contributed by atoms with Gasteiger partial charge < -0.3 is 29.5 Å². The molecule has 0 aromatic heterocycles. The van der Waals surface area contributed by atoms with Crippen molar-refractivity contribution in [2.75, 3.05) is 59.2 Å². The van der Waals surface area contributed by atoms with Gasteiger partial charge in [0.15, 0.2) is 6.23 Å². The van der Waals surface area contributed by atoms with E-state index >= 15 is 0 Å². The summed E-state index contributed by atoms with van der Waals surface area (Å²) in [6.45, 7) is -0.982. The Morgan fingerprint density at radius 1 is 0.806 bits per heavy atom. The van der Waals surface area contributed by atoms with Crippen LogP contribution >= 0.6 is 0 Å². The first-order chi connectivity index (χ1) is 17.2. The highest BCUT2D eigenvalue weighted by molar-refractivity contribution is 5.72. The van der Waals surface area contributed by atoms with Gasteiger partial charge in [0, 0.05) is 26.2 Å². The van der Waals surface area contributed by atoms with Crippen molar-refractivity contribution in [2.45, 2.75) is 12.8 Å². The molecule has 0 amide bonds. The summed E-state index contributed by atoms with van der Waals surface area (Å²) in [5.74, 6) is -3.59. The average molecular weight is 514 g/mol. The second kappa shape index (κ2) is 17.8. The highest BCUT2D eigenvalue weighted by Crippen LogP contribution is 2.07. The average Bonchev–Trinajstić information content (AvgIpc) is 2.81. The van der Waals surface area contributed by atoms with E-state index in [1.165, 1.54) is 9.80 Å². The maximum Gasteiger partial charge on any atom is 0.317 e. The summed E-state index contributed by atoms with van der Waals surface area (Å²) in [6, 6.07) is 9.24. The van der Waals surface area contributed by atoms with Gasteiger partial charge in [0.2, 0.25) is 0 Å². The van der Waals surface area contributed by atoms with Crippen LogP contribution in [0.25, 0.3) is 0 Å². The molecule has 3 N–H and O–H groups in total. The molecule has 14 heteroatoms. The summed E-state index contributed by atoms with van der Waals surface area (Å²) in [7, 11) is 0. The molecule has 0 spiro atoms. The Labute approximate surface area is 207 Å². The molecule has 0 fully saturated rings. The largest absolute Gasteiger partial charge is 0.480 e. The first-order valence-corrected chi connectivity index (χ1v) is 10.8. The lowest BCUT2D eigenvalue weighted by Crippen LogP contribution is -2.48. The van der Waals surface area contributed by atoms with E-state index in [2.05, 4.69) is 0 Å². The monoisotopic (exact) mass is 513 g/mol. The van der Waals surface area contributed by atoms with Crippen LogP contribution < -0.4 is 0 Å². The van der Waals surface area contributed by atoms with Crippen LogP contribution in [0, 0.1) is 0 Å². The number of carboxylic acid groups (broad SMARTS) is 3. The molecule has 0 heterocycles. The third kappa shape index (κ3) is 14.0. The molecule has 36 heavy (non-hydrogen) atoms. The predicted molar refractivity (Wildman–Crippen MR) is 122 cm³/mol. The number of carboxylic acids is 3. The van der Waals surface area contributed by atoms with Crippen LogP contribution in [0.3, 0.4) is 0 Å².